The van der Waals surface area contributed by atoms with Gasteiger partial charge in [-0.2, -0.15) is 0 Å². The zero-order valence-corrected chi connectivity index (χ0v) is 11.1. The minimum atomic E-state index is -1.46. The van der Waals surface area contributed by atoms with Crippen LogP contribution in [0, 0.1) is 23.2 Å². The van der Waals surface area contributed by atoms with Crippen LogP contribution in [0.1, 0.15) is 33.6 Å². The molecular formula is C14H22N2O5. The number of rotatable bonds is 4. The number of carbonyl (C=O) groups is 3. The number of amides is 1. The number of carbonyl (C=O) groups excluding carboxylic acids is 1. The van der Waals surface area contributed by atoms with Crippen molar-refractivity contribution >= 4 is 17.8 Å². The van der Waals surface area contributed by atoms with Gasteiger partial charge >= 0.3 is 11.9 Å². The molecule has 0 bridgehead atoms. The molecule has 0 saturated heterocycles. The van der Waals surface area contributed by atoms with Gasteiger partial charge in [0, 0.05) is 5.92 Å². The third-order valence-corrected chi connectivity index (χ3v) is 5.25. The Morgan fingerprint density at radius 1 is 1.24 bits per heavy atom. The normalized spacial score (nSPS) is 38.9. The highest BCUT2D eigenvalue weighted by molar-refractivity contribution is 5.92. The molecule has 7 nitrogen and oxygen atoms in total. The third kappa shape index (κ3) is 1.94. The van der Waals surface area contributed by atoms with Gasteiger partial charge in [-0.3, -0.25) is 9.59 Å². The van der Waals surface area contributed by atoms with Gasteiger partial charge in [-0.15, -0.1) is 0 Å². The average Bonchev–Trinajstić information content (AvgIpc) is 3.17. The molecule has 0 aromatic heterocycles. The van der Waals surface area contributed by atoms with E-state index in [1.54, 1.807) is 0 Å². The van der Waals surface area contributed by atoms with Gasteiger partial charge in [0.25, 0.3) is 0 Å². The number of fused-ring (bicyclic) bond motifs is 2. The predicted molar refractivity (Wildman–Crippen MR) is 73.3 cm³/mol. The molecule has 0 heterocycles. The van der Waals surface area contributed by atoms with Crippen molar-refractivity contribution < 1.29 is 24.6 Å². The van der Waals surface area contributed by atoms with Crippen LogP contribution >= 0.6 is 0 Å². The first-order valence-corrected chi connectivity index (χ1v) is 6.79. The van der Waals surface area contributed by atoms with Crippen molar-refractivity contribution in [3.8, 4) is 0 Å². The number of hydrogen-bond acceptors (Lipinski definition) is 4. The summed E-state index contributed by atoms with van der Waals surface area (Å²) in [6.45, 7) is 1.48. The van der Waals surface area contributed by atoms with E-state index >= 15 is 0 Å². The molecule has 1 amide bonds. The Balaban J connectivity index is 0.00000161. The van der Waals surface area contributed by atoms with E-state index in [-0.39, 0.29) is 18.8 Å². The second-order valence-electron chi connectivity index (χ2n) is 6.51. The molecule has 1 spiro atoms. The van der Waals surface area contributed by atoms with Crippen LogP contribution in [0.15, 0.2) is 0 Å². The van der Waals surface area contributed by atoms with Crippen molar-refractivity contribution in [2.24, 2.45) is 28.9 Å². The highest BCUT2D eigenvalue weighted by Crippen LogP contribution is 2.78. The molecule has 5 N–H and O–H groups in total. The Morgan fingerprint density at radius 3 is 2.19 bits per heavy atom. The largest absolute Gasteiger partial charge is 0.481 e. The van der Waals surface area contributed by atoms with Crippen LogP contribution in [-0.2, 0) is 14.4 Å². The van der Waals surface area contributed by atoms with Crippen molar-refractivity contribution in [3.63, 3.8) is 0 Å². The molecule has 0 aromatic rings. The lowest BCUT2D eigenvalue weighted by atomic mass is 9.84. The van der Waals surface area contributed by atoms with Crippen LogP contribution in [0.2, 0.25) is 0 Å². The number of aliphatic carboxylic acids is 2. The second-order valence-corrected chi connectivity index (χ2v) is 6.51. The topological polar surface area (TPSA) is 130 Å². The smallest absolute Gasteiger partial charge is 0.329 e. The maximum atomic E-state index is 11.8. The summed E-state index contributed by atoms with van der Waals surface area (Å²) in [4.78, 5) is 34.9. The fraction of sp³-hybridized carbons (Fsp3) is 0.786. The molecule has 0 aromatic carbocycles. The molecule has 0 aliphatic heterocycles. The maximum Gasteiger partial charge on any atom is 0.329 e. The summed E-state index contributed by atoms with van der Waals surface area (Å²) in [6.07, 6.45) is 2.02. The van der Waals surface area contributed by atoms with E-state index in [4.69, 9.17) is 5.73 Å². The lowest BCUT2D eigenvalue weighted by molar-refractivity contribution is -0.150. The molecule has 3 saturated carbocycles. The fourth-order valence-electron chi connectivity index (χ4n) is 4.19. The van der Waals surface area contributed by atoms with E-state index in [0.717, 1.165) is 12.8 Å². The molecule has 3 rings (SSSR count). The third-order valence-electron chi connectivity index (χ3n) is 5.25. The number of nitrogens with one attached hydrogen (secondary N) is 1. The van der Waals surface area contributed by atoms with Gasteiger partial charge < -0.3 is 21.3 Å². The van der Waals surface area contributed by atoms with Gasteiger partial charge in [0.15, 0.2) is 0 Å². The lowest BCUT2D eigenvalue weighted by Gasteiger charge is -2.31. The first kappa shape index (κ1) is 15.8. The van der Waals surface area contributed by atoms with Crippen LogP contribution in [0.4, 0.5) is 0 Å². The fourth-order valence-corrected chi connectivity index (χ4v) is 4.19. The quantitative estimate of drug-likeness (QED) is 0.580. The molecule has 3 aliphatic carbocycles. The summed E-state index contributed by atoms with van der Waals surface area (Å²) in [6, 6.07) is -0.817. The Kier molecular flexibility index (Phi) is 3.32. The van der Waals surface area contributed by atoms with Crippen LogP contribution in [0.25, 0.3) is 0 Å². The minimum absolute atomic E-state index is 0. The predicted octanol–water partition coefficient (Wildman–Crippen LogP) is 0.0400. The first-order valence-electron chi connectivity index (χ1n) is 6.79. The lowest BCUT2D eigenvalue weighted by Crippen LogP contribution is -2.59. The van der Waals surface area contributed by atoms with Gasteiger partial charge in [0.05, 0.1) is 12.0 Å². The molecule has 118 valence electrons. The Morgan fingerprint density at radius 2 is 1.81 bits per heavy atom. The Labute approximate surface area is 122 Å². The van der Waals surface area contributed by atoms with E-state index in [1.807, 2.05) is 0 Å². The van der Waals surface area contributed by atoms with Crippen molar-refractivity contribution in [1.82, 2.24) is 5.32 Å². The summed E-state index contributed by atoms with van der Waals surface area (Å²) in [5, 5.41) is 21.4. The molecule has 21 heavy (non-hydrogen) atoms. The molecule has 0 unspecified atom stereocenters. The van der Waals surface area contributed by atoms with Crippen LogP contribution in [-0.4, -0.2) is 39.6 Å². The molecule has 5 atom stereocenters. The van der Waals surface area contributed by atoms with E-state index < -0.39 is 41.3 Å². The van der Waals surface area contributed by atoms with Crippen LogP contribution in [0.3, 0.4) is 0 Å². The maximum absolute atomic E-state index is 11.8. The minimum Gasteiger partial charge on any atom is -0.481 e. The summed E-state index contributed by atoms with van der Waals surface area (Å²) in [5.74, 6) is -3.94. The summed E-state index contributed by atoms with van der Waals surface area (Å²) in [5.41, 5.74) is 3.83. The number of nitrogens with two attached hydrogens (primary N) is 1. The highest BCUT2D eigenvalue weighted by Gasteiger charge is 2.82. The van der Waals surface area contributed by atoms with Gasteiger partial charge in [-0.1, -0.05) is 7.43 Å². The van der Waals surface area contributed by atoms with E-state index in [0.29, 0.717) is 6.42 Å². The van der Waals surface area contributed by atoms with Crippen molar-refractivity contribution in [2.45, 2.75) is 45.2 Å². The van der Waals surface area contributed by atoms with Gasteiger partial charge in [-0.25, -0.2) is 4.79 Å². The summed E-state index contributed by atoms with van der Waals surface area (Å²) >= 11 is 0. The first-order chi connectivity index (χ1) is 9.25. The van der Waals surface area contributed by atoms with Gasteiger partial charge in [0.1, 0.15) is 5.54 Å². The van der Waals surface area contributed by atoms with Crippen molar-refractivity contribution in [3.05, 3.63) is 0 Å². The number of carboxylic acid groups (broad SMARTS) is 2. The van der Waals surface area contributed by atoms with Crippen molar-refractivity contribution in [2.75, 3.05) is 0 Å². The molecule has 3 aliphatic rings. The Hall–Kier alpha value is -1.63. The van der Waals surface area contributed by atoms with Crippen LogP contribution in [0.5, 0.6) is 0 Å². The van der Waals surface area contributed by atoms with Gasteiger partial charge in [0.2, 0.25) is 5.91 Å². The molecular weight excluding hydrogens is 276 g/mol. The SMILES string of the molecule is C.C[C@H](N)C(=O)N[C@@]1(C(=O)O)CC2(CC2)[C@H]2[C@H](C(=O)O)[C@H]21. The van der Waals surface area contributed by atoms with Gasteiger partial charge in [-0.05, 0) is 37.5 Å². The monoisotopic (exact) mass is 298 g/mol. The summed E-state index contributed by atoms with van der Waals surface area (Å²) < 4.78 is 0. The average molecular weight is 298 g/mol. The highest BCUT2D eigenvalue weighted by atomic mass is 16.4. The van der Waals surface area contributed by atoms with E-state index in [9.17, 15) is 24.6 Å². The zero-order valence-electron chi connectivity index (χ0n) is 11.1. The number of carboxylic acids is 2. The van der Waals surface area contributed by atoms with E-state index in [2.05, 4.69) is 5.32 Å². The second kappa shape index (κ2) is 4.43. The van der Waals surface area contributed by atoms with E-state index in [1.165, 1.54) is 6.92 Å². The Bertz CT molecular complexity index is 513. The standard InChI is InChI=1S/C13H18N2O5.CH4/c1-5(14)9(16)15-13(11(19)20)4-12(2-3-12)7-6(8(7)13)10(17)18;/h5-8H,2-4,14H2,1H3,(H,15,16)(H,17,18)(H,19,20);1H4/t5-,6-,7-,8+,13-;/m0./s1. The molecule has 0 radical (unpaired) electrons. The van der Waals surface area contributed by atoms with Crippen molar-refractivity contribution in [1.29, 1.82) is 0 Å². The van der Waals surface area contributed by atoms with Crippen LogP contribution < -0.4 is 11.1 Å². The number of hydrogen-bond donors (Lipinski definition) is 4. The molecule has 7 heteroatoms. The summed E-state index contributed by atoms with van der Waals surface area (Å²) in [7, 11) is 0. The molecule has 3 fully saturated rings. The zero-order chi connectivity index (χ0) is 14.9.